The highest BCUT2D eigenvalue weighted by Crippen LogP contribution is 2.39. The zero-order valence-corrected chi connectivity index (χ0v) is 14.1. The number of alkyl halides is 2. The number of hydrogen-bond donors (Lipinski definition) is 0. The second kappa shape index (κ2) is 6.94. The highest BCUT2D eigenvalue weighted by molar-refractivity contribution is 9.12. The summed E-state index contributed by atoms with van der Waals surface area (Å²) in [6.07, 6.45) is 2.44. The van der Waals surface area contributed by atoms with Crippen molar-refractivity contribution in [2.45, 2.75) is 44.4 Å². The van der Waals surface area contributed by atoms with Crippen molar-refractivity contribution in [3.63, 3.8) is 0 Å². The fourth-order valence-corrected chi connectivity index (χ4v) is 2.80. The molecular formula is C15H22Br2. The monoisotopic (exact) mass is 360 g/mol. The van der Waals surface area contributed by atoms with E-state index in [2.05, 4.69) is 83.0 Å². The summed E-state index contributed by atoms with van der Waals surface area (Å²) in [4.78, 5) is 0.580. The lowest BCUT2D eigenvalue weighted by molar-refractivity contribution is 0.301. The molecule has 0 spiro atoms. The van der Waals surface area contributed by atoms with Gasteiger partial charge in [0.2, 0.25) is 0 Å². The smallest absolute Gasteiger partial charge is 0.0243 e. The summed E-state index contributed by atoms with van der Waals surface area (Å²) in [6, 6.07) is 10.9. The minimum atomic E-state index is 0.320. The van der Waals surface area contributed by atoms with Crippen LogP contribution in [0.5, 0.6) is 0 Å². The molecule has 0 aliphatic carbocycles. The van der Waals surface area contributed by atoms with Gasteiger partial charge in [-0.25, -0.2) is 0 Å². The Hall–Kier alpha value is 0.180. The van der Waals surface area contributed by atoms with Gasteiger partial charge in [-0.05, 0) is 29.7 Å². The molecule has 0 heterocycles. The molecule has 2 unspecified atom stereocenters. The minimum Gasteiger partial charge on any atom is -0.0916 e. The molecule has 2 heteroatoms. The fraction of sp³-hybridized carbons (Fsp3) is 0.600. The van der Waals surface area contributed by atoms with Gasteiger partial charge in [-0.2, -0.15) is 0 Å². The van der Waals surface area contributed by atoms with Gasteiger partial charge >= 0.3 is 0 Å². The normalized spacial score (nSPS) is 15.6. The number of halogens is 2. The van der Waals surface area contributed by atoms with Crippen LogP contribution in [-0.4, -0.2) is 10.2 Å². The van der Waals surface area contributed by atoms with Crippen LogP contribution < -0.4 is 0 Å². The molecule has 1 aromatic rings. The van der Waals surface area contributed by atoms with Crippen molar-refractivity contribution in [3.8, 4) is 0 Å². The van der Waals surface area contributed by atoms with Crippen molar-refractivity contribution in [1.82, 2.24) is 0 Å². The molecule has 0 saturated carbocycles. The summed E-state index contributed by atoms with van der Waals surface area (Å²) in [5, 5.41) is 1.03. The van der Waals surface area contributed by atoms with Crippen LogP contribution in [0.3, 0.4) is 0 Å². The molecule has 1 aromatic carbocycles. The van der Waals surface area contributed by atoms with Crippen molar-refractivity contribution in [1.29, 1.82) is 0 Å². The van der Waals surface area contributed by atoms with Gasteiger partial charge in [0.05, 0.1) is 0 Å². The number of benzene rings is 1. The van der Waals surface area contributed by atoms with Gasteiger partial charge in [-0.3, -0.25) is 0 Å². The van der Waals surface area contributed by atoms with Gasteiger partial charge in [-0.1, -0.05) is 83.0 Å². The standard InChI is InChI=1S/C15H22Br2/c1-15(2,3)14(10-9-13(17)11-16)12-7-5-4-6-8-12/h4-8,13-14H,9-11H2,1-3H3. The molecule has 0 amide bonds. The Morgan fingerprint density at radius 3 is 2.12 bits per heavy atom. The van der Waals surface area contributed by atoms with Gasteiger partial charge in [0, 0.05) is 10.2 Å². The average molecular weight is 362 g/mol. The van der Waals surface area contributed by atoms with E-state index in [1.165, 1.54) is 18.4 Å². The van der Waals surface area contributed by atoms with Gasteiger partial charge in [0.15, 0.2) is 0 Å². The van der Waals surface area contributed by atoms with E-state index in [-0.39, 0.29) is 0 Å². The molecule has 0 N–H and O–H groups in total. The Morgan fingerprint density at radius 1 is 1.06 bits per heavy atom. The molecule has 96 valence electrons. The summed E-state index contributed by atoms with van der Waals surface area (Å²) in [6.45, 7) is 7.01. The highest BCUT2D eigenvalue weighted by atomic mass is 79.9. The molecule has 2 atom stereocenters. The molecule has 1 rings (SSSR count). The SMILES string of the molecule is CC(C)(C)C(CCC(Br)CBr)c1ccccc1. The first kappa shape index (κ1) is 15.2. The molecule has 0 saturated heterocycles. The van der Waals surface area contributed by atoms with Crippen LogP contribution in [0.4, 0.5) is 0 Å². The Kier molecular flexibility index (Phi) is 6.22. The summed E-state index contributed by atoms with van der Waals surface area (Å²) < 4.78 is 0. The van der Waals surface area contributed by atoms with E-state index >= 15 is 0 Å². The van der Waals surface area contributed by atoms with E-state index in [4.69, 9.17) is 0 Å². The maximum absolute atomic E-state index is 3.70. The molecule has 0 nitrogen and oxygen atoms in total. The van der Waals surface area contributed by atoms with Crippen molar-refractivity contribution >= 4 is 31.9 Å². The van der Waals surface area contributed by atoms with Crippen molar-refractivity contribution in [2.75, 3.05) is 5.33 Å². The predicted molar refractivity (Wildman–Crippen MR) is 84.4 cm³/mol. The largest absolute Gasteiger partial charge is 0.0916 e. The number of rotatable bonds is 5. The first-order valence-electron chi connectivity index (χ1n) is 6.20. The van der Waals surface area contributed by atoms with Crippen LogP contribution in [0.25, 0.3) is 0 Å². The topological polar surface area (TPSA) is 0 Å². The maximum atomic E-state index is 3.70. The molecule has 0 aliphatic rings. The second-order valence-corrected chi connectivity index (χ2v) is 7.60. The van der Waals surface area contributed by atoms with E-state index < -0.39 is 0 Å². The summed E-state index contributed by atoms with van der Waals surface area (Å²) >= 11 is 7.22. The minimum absolute atomic E-state index is 0.320. The Bertz CT molecular complexity index is 313. The van der Waals surface area contributed by atoms with E-state index in [1.807, 2.05) is 0 Å². The predicted octanol–water partition coefficient (Wildman–Crippen LogP) is 5.75. The zero-order valence-electron chi connectivity index (χ0n) is 10.9. The zero-order chi connectivity index (χ0) is 12.9. The van der Waals surface area contributed by atoms with Crippen LogP contribution in [0, 0.1) is 5.41 Å². The van der Waals surface area contributed by atoms with Gasteiger partial charge in [-0.15, -0.1) is 0 Å². The van der Waals surface area contributed by atoms with Crippen LogP contribution in [0.1, 0.15) is 45.1 Å². The lowest BCUT2D eigenvalue weighted by atomic mass is 9.74. The molecular weight excluding hydrogens is 340 g/mol. The highest BCUT2D eigenvalue weighted by Gasteiger charge is 2.26. The Morgan fingerprint density at radius 2 is 1.65 bits per heavy atom. The summed E-state index contributed by atoms with van der Waals surface area (Å²) in [5.41, 5.74) is 1.79. The molecule has 0 fully saturated rings. The first-order chi connectivity index (χ1) is 7.95. The maximum Gasteiger partial charge on any atom is 0.0243 e. The quantitative estimate of drug-likeness (QED) is 0.585. The lowest BCUT2D eigenvalue weighted by Crippen LogP contribution is -2.19. The summed E-state index contributed by atoms with van der Waals surface area (Å²) in [5.74, 6) is 0.628. The van der Waals surface area contributed by atoms with Crippen LogP contribution in [0.15, 0.2) is 30.3 Å². The third kappa shape index (κ3) is 5.13. The van der Waals surface area contributed by atoms with E-state index in [0.29, 0.717) is 16.2 Å². The third-order valence-corrected chi connectivity index (χ3v) is 5.62. The van der Waals surface area contributed by atoms with E-state index in [1.54, 1.807) is 0 Å². The van der Waals surface area contributed by atoms with Crippen molar-refractivity contribution < 1.29 is 0 Å². The van der Waals surface area contributed by atoms with Gasteiger partial charge in [0.25, 0.3) is 0 Å². The lowest BCUT2D eigenvalue weighted by Gasteiger charge is -2.32. The van der Waals surface area contributed by atoms with E-state index in [0.717, 1.165) is 5.33 Å². The summed E-state index contributed by atoms with van der Waals surface area (Å²) in [7, 11) is 0. The van der Waals surface area contributed by atoms with Gasteiger partial charge < -0.3 is 0 Å². The first-order valence-corrected chi connectivity index (χ1v) is 8.24. The Balaban J connectivity index is 2.76. The van der Waals surface area contributed by atoms with Crippen molar-refractivity contribution in [3.05, 3.63) is 35.9 Å². The van der Waals surface area contributed by atoms with E-state index in [9.17, 15) is 0 Å². The molecule has 0 aliphatic heterocycles. The van der Waals surface area contributed by atoms with Crippen LogP contribution in [0.2, 0.25) is 0 Å². The van der Waals surface area contributed by atoms with Crippen LogP contribution >= 0.6 is 31.9 Å². The fourth-order valence-electron chi connectivity index (χ4n) is 2.21. The van der Waals surface area contributed by atoms with Crippen molar-refractivity contribution in [2.24, 2.45) is 5.41 Å². The number of hydrogen-bond acceptors (Lipinski definition) is 0. The molecule has 0 aromatic heterocycles. The second-order valence-electron chi connectivity index (χ2n) is 5.66. The molecule has 0 bridgehead atoms. The average Bonchev–Trinajstić information content (AvgIpc) is 2.28. The molecule has 0 radical (unpaired) electrons. The van der Waals surface area contributed by atoms with Gasteiger partial charge in [0.1, 0.15) is 0 Å². The molecule has 17 heavy (non-hydrogen) atoms. The third-order valence-electron chi connectivity index (χ3n) is 3.18. The van der Waals surface area contributed by atoms with Crippen LogP contribution in [-0.2, 0) is 0 Å². The Labute approximate surface area is 122 Å².